The molecule has 0 aliphatic carbocycles. The third-order valence-electron chi connectivity index (χ3n) is 7.40. The molecule has 4 bridgehead atoms. The zero-order valence-electron chi connectivity index (χ0n) is 27.2. The number of carbonyl (C=O) groups is 1. The average Bonchev–Trinajstić information content (AvgIpc) is 2.97. The minimum Gasteiger partial charge on any atom is -0.488 e. The van der Waals surface area contributed by atoms with Crippen LogP contribution in [0.5, 0.6) is 11.6 Å². The van der Waals surface area contributed by atoms with Crippen LogP contribution in [0.3, 0.4) is 0 Å². The zero-order valence-corrected chi connectivity index (χ0v) is 28.1. The fourth-order valence-corrected chi connectivity index (χ4v) is 6.45. The molecule has 4 aromatic rings. The predicted octanol–water partition coefficient (Wildman–Crippen LogP) is 5.98. The van der Waals surface area contributed by atoms with Gasteiger partial charge < -0.3 is 14.4 Å². The van der Waals surface area contributed by atoms with E-state index in [1.165, 1.54) is 12.1 Å². The SMILES string of the molecule is Cc1cccc(C)c1-c1cc2nc(n1)NS(=O)(=O)c1cccc(c1)C(=O)N(Cc1ncc(OC(C)C)cn1)[C@H](CC(C)(C)C)CO2. The fraction of sp³-hybridized carbons (Fsp3) is 0.382. The monoisotopic (exact) mass is 644 g/mol. The van der Waals surface area contributed by atoms with Crippen LogP contribution in [-0.4, -0.2) is 57.9 Å². The molecule has 1 aliphatic heterocycles. The molecular formula is C34H40N6O5S. The summed E-state index contributed by atoms with van der Waals surface area (Å²) in [5.74, 6) is 0.588. The van der Waals surface area contributed by atoms with E-state index in [4.69, 9.17) is 9.47 Å². The number of aryl methyl sites for hydroxylation is 2. The fourth-order valence-electron chi connectivity index (χ4n) is 5.46. The highest BCUT2D eigenvalue weighted by molar-refractivity contribution is 7.92. The van der Waals surface area contributed by atoms with E-state index >= 15 is 0 Å². The highest BCUT2D eigenvalue weighted by atomic mass is 32.2. The van der Waals surface area contributed by atoms with Crippen LogP contribution in [-0.2, 0) is 16.6 Å². The molecule has 1 aliphatic rings. The number of hydrogen-bond donors (Lipinski definition) is 1. The summed E-state index contributed by atoms with van der Waals surface area (Å²) in [6.07, 6.45) is 3.68. The molecule has 1 N–H and O–H groups in total. The van der Waals surface area contributed by atoms with E-state index in [0.717, 1.165) is 16.7 Å². The normalized spacial score (nSPS) is 16.5. The van der Waals surface area contributed by atoms with Crippen LogP contribution in [0.1, 0.15) is 68.3 Å². The number of aromatic nitrogens is 4. The van der Waals surface area contributed by atoms with Gasteiger partial charge in [0.2, 0.25) is 11.8 Å². The van der Waals surface area contributed by atoms with Crippen molar-refractivity contribution >= 4 is 21.9 Å². The van der Waals surface area contributed by atoms with Crippen molar-refractivity contribution in [2.75, 3.05) is 11.3 Å². The molecule has 46 heavy (non-hydrogen) atoms. The lowest BCUT2D eigenvalue weighted by atomic mass is 9.87. The van der Waals surface area contributed by atoms with Gasteiger partial charge in [-0.3, -0.25) is 4.79 Å². The van der Waals surface area contributed by atoms with Crippen LogP contribution in [0.4, 0.5) is 5.95 Å². The van der Waals surface area contributed by atoms with Crippen molar-refractivity contribution in [3.63, 3.8) is 0 Å². The van der Waals surface area contributed by atoms with E-state index in [1.54, 1.807) is 35.5 Å². The third kappa shape index (κ3) is 7.79. The quantitative estimate of drug-likeness (QED) is 0.269. The van der Waals surface area contributed by atoms with Crippen molar-refractivity contribution in [2.24, 2.45) is 5.41 Å². The number of carbonyl (C=O) groups excluding carboxylic acids is 1. The van der Waals surface area contributed by atoms with Crippen LogP contribution in [0.2, 0.25) is 0 Å². The summed E-state index contributed by atoms with van der Waals surface area (Å²) in [6, 6.07) is 13.1. The highest BCUT2D eigenvalue weighted by Crippen LogP contribution is 2.31. The van der Waals surface area contributed by atoms with E-state index in [0.29, 0.717) is 23.7 Å². The molecule has 0 saturated carbocycles. The summed E-state index contributed by atoms with van der Waals surface area (Å²) in [7, 11) is -4.17. The average molecular weight is 645 g/mol. The van der Waals surface area contributed by atoms with Gasteiger partial charge in [-0.15, -0.1) is 0 Å². The van der Waals surface area contributed by atoms with Crippen LogP contribution < -0.4 is 14.2 Å². The van der Waals surface area contributed by atoms with Crippen molar-refractivity contribution in [3.05, 3.63) is 83.4 Å². The Hall–Kier alpha value is -4.58. The Morgan fingerprint density at radius 3 is 2.35 bits per heavy atom. The molecule has 11 nitrogen and oxygen atoms in total. The number of rotatable bonds is 6. The highest BCUT2D eigenvalue weighted by Gasteiger charge is 2.32. The molecule has 0 saturated heterocycles. The molecule has 1 amide bonds. The molecule has 1 atom stereocenters. The number of anilines is 1. The van der Waals surface area contributed by atoms with Gasteiger partial charge in [-0.2, -0.15) is 4.98 Å². The van der Waals surface area contributed by atoms with E-state index in [1.807, 2.05) is 45.9 Å². The number of nitrogens with zero attached hydrogens (tertiary/aromatic N) is 5. The molecular weight excluding hydrogens is 604 g/mol. The molecule has 242 valence electrons. The maximum atomic E-state index is 14.3. The Kier molecular flexibility index (Phi) is 9.29. The van der Waals surface area contributed by atoms with Crippen molar-refractivity contribution < 1.29 is 22.7 Å². The number of benzene rings is 2. The summed E-state index contributed by atoms with van der Waals surface area (Å²) in [5, 5.41) is 0. The number of fused-ring (bicyclic) bond motifs is 4. The molecule has 0 fully saturated rings. The first-order valence-corrected chi connectivity index (χ1v) is 16.7. The number of sulfonamides is 1. The number of amides is 1. The summed E-state index contributed by atoms with van der Waals surface area (Å²) in [6.45, 7) is 14.2. The van der Waals surface area contributed by atoms with Crippen LogP contribution in [0.25, 0.3) is 11.3 Å². The summed E-state index contributed by atoms with van der Waals surface area (Å²) in [4.78, 5) is 33.8. The minimum atomic E-state index is -4.17. The smallest absolute Gasteiger partial charge is 0.264 e. The van der Waals surface area contributed by atoms with Crippen LogP contribution in [0, 0.1) is 19.3 Å². The van der Waals surface area contributed by atoms with Crippen molar-refractivity contribution in [1.29, 1.82) is 0 Å². The van der Waals surface area contributed by atoms with E-state index in [-0.39, 0.29) is 52.9 Å². The van der Waals surface area contributed by atoms with Crippen molar-refractivity contribution in [3.8, 4) is 22.9 Å². The van der Waals surface area contributed by atoms with E-state index in [9.17, 15) is 13.2 Å². The summed E-state index contributed by atoms with van der Waals surface area (Å²) < 4.78 is 41.7. The first-order valence-electron chi connectivity index (χ1n) is 15.2. The Bertz CT molecular complexity index is 1820. The van der Waals surface area contributed by atoms with Gasteiger partial charge in [-0.1, -0.05) is 45.0 Å². The number of nitrogens with one attached hydrogen (secondary N) is 1. The van der Waals surface area contributed by atoms with Gasteiger partial charge in [0.25, 0.3) is 15.9 Å². The Morgan fingerprint density at radius 2 is 1.70 bits per heavy atom. The lowest BCUT2D eigenvalue weighted by molar-refractivity contribution is 0.0505. The minimum absolute atomic E-state index is 0.0425. The second-order valence-corrected chi connectivity index (χ2v) is 14.7. The van der Waals surface area contributed by atoms with Gasteiger partial charge in [-0.25, -0.2) is 28.1 Å². The van der Waals surface area contributed by atoms with Gasteiger partial charge in [-0.05, 0) is 68.9 Å². The summed E-state index contributed by atoms with van der Waals surface area (Å²) >= 11 is 0. The standard InChI is InChI=1S/C34H40N6O5S/c1-21(2)45-26-17-35-29(36-18-26)19-40-25(16-34(5,6)7)20-44-30-15-28(31-22(3)10-8-11-23(31)4)37-33(38-30)39-46(42,43)27-13-9-12-24(14-27)32(40)41/h8-15,17-18,21,25H,16,19-20H2,1-7H3,(H,37,38,39)/t25-/m1/s1. The molecule has 2 aromatic heterocycles. The number of ether oxygens (including phenoxy) is 2. The van der Waals surface area contributed by atoms with Gasteiger partial charge in [0.05, 0.1) is 41.7 Å². The second-order valence-electron chi connectivity index (χ2n) is 13.0. The molecule has 12 heteroatoms. The molecule has 2 aromatic carbocycles. The van der Waals surface area contributed by atoms with E-state index in [2.05, 4.69) is 45.4 Å². The topological polar surface area (TPSA) is 136 Å². The Morgan fingerprint density at radius 1 is 1.02 bits per heavy atom. The third-order valence-corrected chi connectivity index (χ3v) is 8.72. The zero-order chi connectivity index (χ0) is 33.2. The van der Waals surface area contributed by atoms with E-state index < -0.39 is 16.1 Å². The van der Waals surface area contributed by atoms with Crippen LogP contribution >= 0.6 is 0 Å². The first-order chi connectivity index (χ1) is 21.7. The summed E-state index contributed by atoms with van der Waals surface area (Å²) in [5.41, 5.74) is 3.30. The maximum absolute atomic E-state index is 14.3. The van der Waals surface area contributed by atoms with Gasteiger partial charge in [0, 0.05) is 17.2 Å². The molecule has 0 spiro atoms. The van der Waals surface area contributed by atoms with Gasteiger partial charge in [0.1, 0.15) is 12.4 Å². The largest absolute Gasteiger partial charge is 0.488 e. The second kappa shape index (κ2) is 13.0. The van der Waals surface area contributed by atoms with Gasteiger partial charge >= 0.3 is 0 Å². The number of hydrogen-bond acceptors (Lipinski definition) is 9. The predicted molar refractivity (Wildman–Crippen MR) is 175 cm³/mol. The molecule has 0 radical (unpaired) electrons. The molecule has 5 rings (SSSR count). The van der Waals surface area contributed by atoms with Crippen molar-refractivity contribution in [1.82, 2.24) is 24.8 Å². The van der Waals surface area contributed by atoms with Crippen LogP contribution in [0.15, 0.2) is 65.8 Å². The molecule has 0 unspecified atom stereocenters. The lowest BCUT2D eigenvalue weighted by Crippen LogP contribution is -2.45. The lowest BCUT2D eigenvalue weighted by Gasteiger charge is -2.35. The molecule has 3 heterocycles. The maximum Gasteiger partial charge on any atom is 0.264 e. The Labute approximate surface area is 270 Å². The Balaban J connectivity index is 1.64. The first kappa shape index (κ1) is 32.8. The van der Waals surface area contributed by atoms with Gasteiger partial charge in [0.15, 0.2) is 5.75 Å². The van der Waals surface area contributed by atoms with Crippen molar-refractivity contribution in [2.45, 2.75) is 78.5 Å².